The topological polar surface area (TPSA) is 59.1 Å². The van der Waals surface area contributed by atoms with Crippen LogP contribution in [0.2, 0.25) is 0 Å². The van der Waals surface area contributed by atoms with Crippen LogP contribution in [0.5, 0.6) is 0 Å². The van der Waals surface area contributed by atoms with Gasteiger partial charge in [0.2, 0.25) is 0 Å². The van der Waals surface area contributed by atoms with Crippen molar-refractivity contribution in [1.29, 1.82) is 0 Å². The molecule has 2 unspecified atom stereocenters. The molecule has 0 saturated heterocycles. The molecule has 14 heavy (non-hydrogen) atoms. The number of aliphatic hydroxyl groups is 1. The molecule has 1 aromatic rings. The predicted molar refractivity (Wildman–Crippen MR) is 58.1 cm³/mol. The molecule has 3 N–H and O–H groups in total. The SMILES string of the molecule is CCC1CCCC1(O)c1cnc(N)s1. The van der Waals surface area contributed by atoms with E-state index in [1.165, 1.54) is 11.3 Å². The second kappa shape index (κ2) is 3.51. The van der Waals surface area contributed by atoms with Crippen LogP contribution >= 0.6 is 11.3 Å². The number of nitrogen functional groups attached to an aromatic ring is 1. The number of thiazole rings is 1. The Bertz CT molecular complexity index is 326. The van der Waals surface area contributed by atoms with E-state index in [0.29, 0.717) is 11.0 Å². The lowest BCUT2D eigenvalue weighted by Crippen LogP contribution is -2.28. The van der Waals surface area contributed by atoms with Crippen molar-refractivity contribution in [2.24, 2.45) is 5.92 Å². The van der Waals surface area contributed by atoms with Gasteiger partial charge < -0.3 is 10.8 Å². The smallest absolute Gasteiger partial charge is 0.180 e. The third-order valence-corrected chi connectivity index (χ3v) is 4.22. The molecule has 2 rings (SSSR count). The van der Waals surface area contributed by atoms with Crippen LogP contribution in [0.25, 0.3) is 0 Å². The van der Waals surface area contributed by atoms with E-state index in [4.69, 9.17) is 5.73 Å². The Morgan fingerprint density at radius 1 is 1.79 bits per heavy atom. The van der Waals surface area contributed by atoms with Crippen molar-refractivity contribution in [3.8, 4) is 0 Å². The van der Waals surface area contributed by atoms with E-state index in [1.807, 2.05) is 0 Å². The van der Waals surface area contributed by atoms with E-state index in [0.717, 1.165) is 30.6 Å². The Morgan fingerprint density at radius 2 is 2.57 bits per heavy atom. The number of nitrogens with two attached hydrogens (primary N) is 1. The van der Waals surface area contributed by atoms with Gasteiger partial charge in [-0.05, 0) is 25.2 Å². The van der Waals surface area contributed by atoms with Gasteiger partial charge in [-0.2, -0.15) is 0 Å². The van der Waals surface area contributed by atoms with Crippen molar-refractivity contribution in [2.75, 3.05) is 5.73 Å². The average molecular weight is 212 g/mol. The Kier molecular flexibility index (Phi) is 2.49. The molecule has 1 aliphatic rings. The molecule has 1 aliphatic carbocycles. The fraction of sp³-hybridized carbons (Fsp3) is 0.700. The summed E-state index contributed by atoms with van der Waals surface area (Å²) >= 11 is 1.42. The zero-order valence-corrected chi connectivity index (χ0v) is 9.18. The second-order valence-electron chi connectivity index (χ2n) is 3.98. The van der Waals surface area contributed by atoms with Crippen molar-refractivity contribution >= 4 is 16.5 Å². The summed E-state index contributed by atoms with van der Waals surface area (Å²) in [6.45, 7) is 2.13. The number of aromatic nitrogens is 1. The van der Waals surface area contributed by atoms with Crippen LogP contribution in [0.4, 0.5) is 5.13 Å². The molecule has 2 atom stereocenters. The molecule has 1 saturated carbocycles. The maximum Gasteiger partial charge on any atom is 0.180 e. The molecular weight excluding hydrogens is 196 g/mol. The van der Waals surface area contributed by atoms with Crippen LogP contribution in [0, 0.1) is 5.92 Å². The van der Waals surface area contributed by atoms with Crippen molar-refractivity contribution in [2.45, 2.75) is 38.2 Å². The fourth-order valence-electron chi connectivity index (χ4n) is 2.41. The van der Waals surface area contributed by atoms with Gasteiger partial charge in [0, 0.05) is 6.20 Å². The van der Waals surface area contributed by atoms with Gasteiger partial charge in [-0.25, -0.2) is 4.98 Å². The van der Waals surface area contributed by atoms with E-state index in [1.54, 1.807) is 6.20 Å². The fourth-order valence-corrected chi connectivity index (χ4v) is 3.30. The van der Waals surface area contributed by atoms with E-state index in [2.05, 4.69) is 11.9 Å². The van der Waals surface area contributed by atoms with Gasteiger partial charge in [-0.1, -0.05) is 24.7 Å². The molecular formula is C10H16N2OS. The summed E-state index contributed by atoms with van der Waals surface area (Å²) in [7, 11) is 0. The molecule has 4 heteroatoms. The minimum Gasteiger partial charge on any atom is -0.384 e. The third-order valence-electron chi connectivity index (χ3n) is 3.23. The first kappa shape index (κ1) is 9.93. The monoisotopic (exact) mass is 212 g/mol. The van der Waals surface area contributed by atoms with Crippen molar-refractivity contribution in [3.05, 3.63) is 11.1 Å². The van der Waals surface area contributed by atoms with Crippen LogP contribution in [-0.4, -0.2) is 10.1 Å². The first-order valence-electron chi connectivity index (χ1n) is 5.11. The molecule has 0 radical (unpaired) electrons. The van der Waals surface area contributed by atoms with Gasteiger partial charge in [0.25, 0.3) is 0 Å². The summed E-state index contributed by atoms with van der Waals surface area (Å²) in [6.07, 6.45) is 5.83. The molecule has 1 aromatic heterocycles. The summed E-state index contributed by atoms with van der Waals surface area (Å²) in [6, 6.07) is 0. The number of rotatable bonds is 2. The summed E-state index contributed by atoms with van der Waals surface area (Å²) in [5.74, 6) is 0.377. The molecule has 0 aliphatic heterocycles. The maximum absolute atomic E-state index is 10.6. The van der Waals surface area contributed by atoms with E-state index < -0.39 is 5.60 Å². The standard InChI is InChI=1S/C10H16N2OS/c1-2-7-4-3-5-10(7,13)8-6-12-9(11)14-8/h6-7,13H,2-5H2,1H3,(H2,11,12). The minimum absolute atomic E-state index is 0.377. The lowest BCUT2D eigenvalue weighted by molar-refractivity contribution is -0.000530. The molecule has 0 bridgehead atoms. The first-order valence-corrected chi connectivity index (χ1v) is 5.92. The van der Waals surface area contributed by atoms with Gasteiger partial charge >= 0.3 is 0 Å². The number of nitrogens with zero attached hydrogens (tertiary/aromatic N) is 1. The van der Waals surface area contributed by atoms with E-state index >= 15 is 0 Å². The van der Waals surface area contributed by atoms with Gasteiger partial charge in [-0.15, -0.1) is 0 Å². The van der Waals surface area contributed by atoms with Crippen molar-refractivity contribution < 1.29 is 5.11 Å². The number of hydrogen-bond donors (Lipinski definition) is 2. The van der Waals surface area contributed by atoms with Crippen molar-refractivity contribution in [3.63, 3.8) is 0 Å². The zero-order valence-electron chi connectivity index (χ0n) is 8.36. The van der Waals surface area contributed by atoms with Gasteiger partial charge in [-0.3, -0.25) is 0 Å². The molecule has 78 valence electrons. The predicted octanol–water partition coefficient (Wildman–Crippen LogP) is 2.12. The molecule has 0 aromatic carbocycles. The Hall–Kier alpha value is -0.610. The molecule has 0 amide bonds. The minimum atomic E-state index is -0.649. The summed E-state index contributed by atoms with van der Waals surface area (Å²) in [4.78, 5) is 4.96. The van der Waals surface area contributed by atoms with Crippen LogP contribution in [0.15, 0.2) is 6.20 Å². The summed E-state index contributed by atoms with van der Waals surface area (Å²) in [5.41, 5.74) is 4.94. The highest BCUT2D eigenvalue weighted by Crippen LogP contribution is 2.46. The number of hydrogen-bond acceptors (Lipinski definition) is 4. The summed E-state index contributed by atoms with van der Waals surface area (Å²) < 4.78 is 0. The lowest BCUT2D eigenvalue weighted by Gasteiger charge is -2.27. The maximum atomic E-state index is 10.6. The van der Waals surface area contributed by atoms with Gasteiger partial charge in [0.15, 0.2) is 5.13 Å². The molecule has 1 heterocycles. The quantitative estimate of drug-likeness (QED) is 0.789. The number of anilines is 1. The van der Waals surface area contributed by atoms with E-state index in [-0.39, 0.29) is 0 Å². The summed E-state index contributed by atoms with van der Waals surface area (Å²) in [5, 5.41) is 11.1. The first-order chi connectivity index (χ1) is 6.66. The molecule has 0 spiro atoms. The second-order valence-corrected chi connectivity index (χ2v) is 5.05. The normalized spacial score (nSPS) is 32.3. The highest BCUT2D eigenvalue weighted by Gasteiger charge is 2.42. The highest BCUT2D eigenvalue weighted by atomic mass is 32.1. The lowest BCUT2D eigenvalue weighted by atomic mass is 9.88. The largest absolute Gasteiger partial charge is 0.384 e. The Balaban J connectivity index is 2.31. The van der Waals surface area contributed by atoms with Crippen LogP contribution in [0.1, 0.15) is 37.5 Å². The third kappa shape index (κ3) is 1.42. The Labute approximate surface area is 88.0 Å². The van der Waals surface area contributed by atoms with Crippen LogP contribution in [0.3, 0.4) is 0 Å². The average Bonchev–Trinajstić information content (AvgIpc) is 2.72. The molecule has 1 fully saturated rings. The van der Waals surface area contributed by atoms with Crippen LogP contribution in [-0.2, 0) is 5.60 Å². The van der Waals surface area contributed by atoms with Gasteiger partial charge in [0.05, 0.1) is 4.88 Å². The van der Waals surface area contributed by atoms with Crippen LogP contribution < -0.4 is 5.73 Å². The zero-order chi connectivity index (χ0) is 10.2. The van der Waals surface area contributed by atoms with Crippen molar-refractivity contribution in [1.82, 2.24) is 4.98 Å². The highest BCUT2D eigenvalue weighted by molar-refractivity contribution is 7.15. The Morgan fingerprint density at radius 3 is 3.14 bits per heavy atom. The molecule has 3 nitrogen and oxygen atoms in total. The van der Waals surface area contributed by atoms with Gasteiger partial charge in [0.1, 0.15) is 5.60 Å². The van der Waals surface area contributed by atoms with E-state index in [9.17, 15) is 5.11 Å².